The Balaban J connectivity index is 2.18. The molecule has 0 aliphatic heterocycles. The van der Waals surface area contributed by atoms with Crippen molar-refractivity contribution in [1.29, 1.82) is 0 Å². The molecule has 0 spiro atoms. The summed E-state index contributed by atoms with van der Waals surface area (Å²) in [6, 6.07) is 9.26. The molecule has 0 fully saturated rings. The Kier molecular flexibility index (Phi) is 4.71. The number of amides is 1. The summed E-state index contributed by atoms with van der Waals surface area (Å²) in [5.74, 6) is 1.14. The summed E-state index contributed by atoms with van der Waals surface area (Å²) >= 11 is 0. The molecule has 0 bridgehead atoms. The highest BCUT2D eigenvalue weighted by Gasteiger charge is 2.06. The minimum Gasteiger partial charge on any atom is -0.478 e. The first kappa shape index (κ1) is 14.8. The van der Waals surface area contributed by atoms with Crippen molar-refractivity contribution in [1.82, 2.24) is 9.97 Å². The molecule has 2 aromatic rings. The topological polar surface area (TPSA) is 67.3 Å². The van der Waals surface area contributed by atoms with Crippen LogP contribution in [0.3, 0.4) is 0 Å². The average molecular weight is 286 g/mol. The van der Waals surface area contributed by atoms with E-state index in [9.17, 15) is 4.79 Å². The van der Waals surface area contributed by atoms with Gasteiger partial charge in [-0.3, -0.25) is 4.79 Å². The number of aromatic nitrogens is 2. The highest BCUT2D eigenvalue weighted by Crippen LogP contribution is 2.22. The molecule has 0 aliphatic carbocycles. The Morgan fingerprint density at radius 3 is 2.86 bits per heavy atom. The molecule has 2 rings (SSSR count). The van der Waals surface area contributed by atoms with Gasteiger partial charge < -0.3 is 15.0 Å². The number of hydrogen-bond donors (Lipinski definition) is 1. The van der Waals surface area contributed by atoms with Crippen LogP contribution in [0, 0.1) is 0 Å². The van der Waals surface area contributed by atoms with Crippen LogP contribution in [-0.4, -0.2) is 29.5 Å². The van der Waals surface area contributed by atoms with E-state index in [0.29, 0.717) is 18.3 Å². The van der Waals surface area contributed by atoms with Gasteiger partial charge in [0.2, 0.25) is 11.8 Å². The van der Waals surface area contributed by atoms with Gasteiger partial charge in [-0.15, -0.1) is 0 Å². The van der Waals surface area contributed by atoms with Crippen LogP contribution in [0.25, 0.3) is 0 Å². The maximum absolute atomic E-state index is 11.4. The third-order valence-electron chi connectivity index (χ3n) is 2.91. The number of ether oxygens (including phenoxy) is 1. The standard InChI is InChI=1S/C15H18N4O2/c1-4-21-15-9-14(16-10-17-15)18-12-6-5-7-13(8-12)19(3)11(2)20/h5-10H,4H2,1-3H3,(H,16,17,18). The molecule has 21 heavy (non-hydrogen) atoms. The molecule has 1 N–H and O–H groups in total. The second-order valence-corrected chi connectivity index (χ2v) is 4.43. The van der Waals surface area contributed by atoms with Crippen molar-refractivity contribution < 1.29 is 9.53 Å². The Morgan fingerprint density at radius 2 is 2.14 bits per heavy atom. The van der Waals surface area contributed by atoms with E-state index in [1.807, 2.05) is 31.2 Å². The predicted octanol–water partition coefficient (Wildman–Crippen LogP) is 2.60. The van der Waals surface area contributed by atoms with Gasteiger partial charge in [-0.25, -0.2) is 9.97 Å². The highest BCUT2D eigenvalue weighted by molar-refractivity contribution is 5.91. The minimum absolute atomic E-state index is 0.0205. The van der Waals surface area contributed by atoms with Crippen molar-refractivity contribution in [3.63, 3.8) is 0 Å². The van der Waals surface area contributed by atoms with Crippen LogP contribution in [-0.2, 0) is 4.79 Å². The van der Waals surface area contributed by atoms with Gasteiger partial charge in [0.15, 0.2) is 0 Å². The van der Waals surface area contributed by atoms with E-state index in [4.69, 9.17) is 4.74 Å². The van der Waals surface area contributed by atoms with Gasteiger partial charge in [-0.1, -0.05) is 6.07 Å². The maximum Gasteiger partial charge on any atom is 0.223 e. The quantitative estimate of drug-likeness (QED) is 0.915. The lowest BCUT2D eigenvalue weighted by molar-refractivity contribution is -0.116. The van der Waals surface area contributed by atoms with E-state index in [2.05, 4.69) is 15.3 Å². The molecule has 0 atom stereocenters. The number of nitrogens with zero attached hydrogens (tertiary/aromatic N) is 3. The minimum atomic E-state index is -0.0205. The number of carbonyl (C=O) groups excluding carboxylic acids is 1. The molecule has 0 saturated carbocycles. The summed E-state index contributed by atoms with van der Waals surface area (Å²) < 4.78 is 5.33. The van der Waals surface area contributed by atoms with E-state index in [1.54, 1.807) is 18.0 Å². The fourth-order valence-electron chi connectivity index (χ4n) is 1.76. The van der Waals surface area contributed by atoms with Gasteiger partial charge in [0, 0.05) is 31.4 Å². The van der Waals surface area contributed by atoms with Crippen LogP contribution < -0.4 is 15.0 Å². The molecule has 1 aromatic carbocycles. The number of carbonyl (C=O) groups is 1. The van der Waals surface area contributed by atoms with E-state index in [-0.39, 0.29) is 5.91 Å². The first-order chi connectivity index (χ1) is 10.1. The monoisotopic (exact) mass is 286 g/mol. The molecule has 6 nitrogen and oxygen atoms in total. The molecule has 0 aliphatic rings. The SMILES string of the molecule is CCOc1cc(Nc2cccc(N(C)C(C)=O)c2)ncn1. The third kappa shape index (κ3) is 3.92. The zero-order chi connectivity index (χ0) is 15.2. The largest absolute Gasteiger partial charge is 0.478 e. The lowest BCUT2D eigenvalue weighted by Crippen LogP contribution is -2.22. The van der Waals surface area contributed by atoms with Gasteiger partial charge in [-0.05, 0) is 25.1 Å². The van der Waals surface area contributed by atoms with Crippen molar-refractivity contribution in [3.8, 4) is 5.88 Å². The van der Waals surface area contributed by atoms with Crippen LogP contribution in [0.2, 0.25) is 0 Å². The second-order valence-electron chi connectivity index (χ2n) is 4.43. The first-order valence-electron chi connectivity index (χ1n) is 6.66. The van der Waals surface area contributed by atoms with E-state index < -0.39 is 0 Å². The lowest BCUT2D eigenvalue weighted by atomic mass is 10.2. The average Bonchev–Trinajstić information content (AvgIpc) is 2.47. The Labute approximate surface area is 123 Å². The molecule has 0 radical (unpaired) electrons. The number of nitrogens with one attached hydrogen (secondary N) is 1. The van der Waals surface area contributed by atoms with Gasteiger partial charge in [-0.2, -0.15) is 0 Å². The molecular formula is C15H18N4O2. The molecule has 1 aromatic heterocycles. The van der Waals surface area contributed by atoms with Crippen LogP contribution >= 0.6 is 0 Å². The maximum atomic E-state index is 11.4. The van der Waals surface area contributed by atoms with Crippen molar-refractivity contribution in [2.45, 2.75) is 13.8 Å². The molecule has 1 heterocycles. The fourth-order valence-corrected chi connectivity index (χ4v) is 1.76. The zero-order valence-electron chi connectivity index (χ0n) is 12.3. The van der Waals surface area contributed by atoms with Crippen molar-refractivity contribution in [2.75, 3.05) is 23.9 Å². The van der Waals surface area contributed by atoms with Gasteiger partial charge >= 0.3 is 0 Å². The third-order valence-corrected chi connectivity index (χ3v) is 2.91. The van der Waals surface area contributed by atoms with E-state index >= 15 is 0 Å². The zero-order valence-corrected chi connectivity index (χ0v) is 12.3. The van der Waals surface area contributed by atoms with Crippen molar-refractivity contribution >= 4 is 23.1 Å². The summed E-state index contributed by atoms with van der Waals surface area (Å²) in [6.45, 7) is 3.98. The van der Waals surface area contributed by atoms with Crippen LogP contribution in [0.4, 0.5) is 17.2 Å². The Morgan fingerprint density at radius 1 is 1.33 bits per heavy atom. The summed E-state index contributed by atoms with van der Waals surface area (Å²) in [7, 11) is 1.74. The van der Waals surface area contributed by atoms with Crippen molar-refractivity contribution in [2.24, 2.45) is 0 Å². The predicted molar refractivity (Wildman–Crippen MR) is 82.0 cm³/mol. The van der Waals surface area contributed by atoms with Gasteiger partial charge in [0.25, 0.3) is 0 Å². The van der Waals surface area contributed by atoms with Crippen molar-refractivity contribution in [3.05, 3.63) is 36.7 Å². The summed E-state index contributed by atoms with van der Waals surface area (Å²) in [4.78, 5) is 21.1. The number of benzene rings is 1. The van der Waals surface area contributed by atoms with Crippen LogP contribution in [0.15, 0.2) is 36.7 Å². The number of rotatable bonds is 5. The second kappa shape index (κ2) is 6.69. The van der Waals surface area contributed by atoms with E-state index in [1.165, 1.54) is 13.3 Å². The van der Waals surface area contributed by atoms with Crippen LogP contribution in [0.5, 0.6) is 5.88 Å². The van der Waals surface area contributed by atoms with Gasteiger partial charge in [0.05, 0.1) is 6.61 Å². The first-order valence-corrected chi connectivity index (χ1v) is 6.66. The summed E-state index contributed by atoms with van der Waals surface area (Å²) in [6.07, 6.45) is 1.44. The molecule has 0 saturated heterocycles. The lowest BCUT2D eigenvalue weighted by Gasteiger charge is -2.16. The smallest absolute Gasteiger partial charge is 0.223 e. The van der Waals surface area contributed by atoms with E-state index in [0.717, 1.165) is 11.4 Å². The molecular weight excluding hydrogens is 268 g/mol. The van der Waals surface area contributed by atoms with Crippen LogP contribution in [0.1, 0.15) is 13.8 Å². The van der Waals surface area contributed by atoms with Gasteiger partial charge in [0.1, 0.15) is 12.1 Å². The highest BCUT2D eigenvalue weighted by atomic mass is 16.5. The molecule has 0 unspecified atom stereocenters. The summed E-state index contributed by atoms with van der Waals surface area (Å²) in [5, 5.41) is 3.17. The number of anilines is 3. The Hall–Kier alpha value is -2.63. The summed E-state index contributed by atoms with van der Waals surface area (Å²) in [5.41, 5.74) is 1.65. The fraction of sp³-hybridized carbons (Fsp3) is 0.267. The molecule has 1 amide bonds. The normalized spacial score (nSPS) is 10.0. The molecule has 110 valence electrons. The molecule has 6 heteroatoms. The Bertz CT molecular complexity index is 631. The number of hydrogen-bond acceptors (Lipinski definition) is 5.